The molecule has 1 aliphatic rings. The van der Waals surface area contributed by atoms with E-state index in [-0.39, 0.29) is 5.54 Å². The van der Waals surface area contributed by atoms with Gasteiger partial charge in [-0.3, -0.25) is 0 Å². The van der Waals surface area contributed by atoms with Gasteiger partial charge in [0.15, 0.2) is 11.9 Å². The van der Waals surface area contributed by atoms with E-state index in [0.717, 1.165) is 22.7 Å². The lowest BCUT2D eigenvalue weighted by atomic mass is 10.0. The first-order valence-electron chi connectivity index (χ1n) is 9.00. The molecule has 1 unspecified atom stereocenters. The highest BCUT2D eigenvalue weighted by atomic mass is 16.5. The quantitative estimate of drug-likeness (QED) is 0.749. The smallest absolute Gasteiger partial charge is 0.295 e. The molecule has 2 heterocycles. The van der Waals surface area contributed by atoms with E-state index in [2.05, 4.69) is 25.8 Å². The predicted octanol–water partition coefficient (Wildman–Crippen LogP) is 3.66. The molecule has 8 nitrogen and oxygen atoms in total. The highest BCUT2D eigenvalue weighted by Gasteiger charge is 2.33. The average Bonchev–Trinajstić information content (AvgIpc) is 3.18. The molecule has 1 N–H and O–H groups in total. The number of nitrogens with zero attached hydrogens (tertiary/aromatic N) is 5. The van der Waals surface area contributed by atoms with Gasteiger partial charge in [0, 0.05) is 11.3 Å². The van der Waals surface area contributed by atoms with E-state index in [1.165, 1.54) is 0 Å². The molecule has 1 atom stereocenters. The monoisotopic (exact) mass is 378 g/mol. The van der Waals surface area contributed by atoms with Crippen molar-refractivity contribution >= 4 is 17.4 Å². The Hall–Kier alpha value is -3.42. The van der Waals surface area contributed by atoms with E-state index in [9.17, 15) is 0 Å². The summed E-state index contributed by atoms with van der Waals surface area (Å²) in [5.41, 5.74) is 2.30. The molecule has 0 saturated heterocycles. The lowest BCUT2D eigenvalue weighted by Gasteiger charge is -2.28. The second-order valence-electron chi connectivity index (χ2n) is 7.45. The Labute approximate surface area is 163 Å². The third kappa shape index (κ3) is 3.40. The molecule has 0 amide bonds. The minimum Gasteiger partial charge on any atom is -0.497 e. The van der Waals surface area contributed by atoms with Gasteiger partial charge in [-0.05, 0) is 61.5 Å². The summed E-state index contributed by atoms with van der Waals surface area (Å²) in [6, 6.07) is 15.8. The maximum Gasteiger partial charge on any atom is 0.295 e. The van der Waals surface area contributed by atoms with Crippen LogP contribution in [0.1, 0.15) is 38.3 Å². The standard InChI is InChI=1S/C20H22N6O2/c1-20(2,3)26-18(23-24-25-26)17-15-7-5-6-8-16(15)22-19(28-17)21-13-9-11-14(27-4)12-10-13/h5-12,17H,1-4H3,(H,21,22). The Kier molecular flexibility index (Phi) is 4.46. The van der Waals surface area contributed by atoms with E-state index >= 15 is 0 Å². The zero-order valence-electron chi connectivity index (χ0n) is 16.2. The number of anilines is 1. The average molecular weight is 378 g/mol. The van der Waals surface area contributed by atoms with Gasteiger partial charge >= 0.3 is 0 Å². The van der Waals surface area contributed by atoms with Crippen molar-refractivity contribution in [3.63, 3.8) is 0 Å². The molecule has 8 heteroatoms. The molecule has 0 spiro atoms. The number of nitrogens with one attached hydrogen (secondary N) is 1. The second kappa shape index (κ2) is 6.95. The van der Waals surface area contributed by atoms with E-state index < -0.39 is 6.10 Å². The summed E-state index contributed by atoms with van der Waals surface area (Å²) in [7, 11) is 1.64. The molecule has 2 aromatic carbocycles. The fourth-order valence-corrected chi connectivity index (χ4v) is 3.00. The number of hydrogen-bond acceptors (Lipinski definition) is 7. The maximum absolute atomic E-state index is 6.20. The van der Waals surface area contributed by atoms with Crippen LogP contribution in [0.15, 0.2) is 53.5 Å². The van der Waals surface area contributed by atoms with Gasteiger partial charge in [-0.1, -0.05) is 18.2 Å². The number of tetrazole rings is 1. The van der Waals surface area contributed by atoms with Crippen LogP contribution in [0.5, 0.6) is 5.75 Å². The number of aromatic nitrogens is 4. The van der Waals surface area contributed by atoms with Crippen LogP contribution in [0.3, 0.4) is 0 Å². The molecule has 28 heavy (non-hydrogen) atoms. The van der Waals surface area contributed by atoms with E-state index in [1.54, 1.807) is 11.8 Å². The summed E-state index contributed by atoms with van der Waals surface area (Å²) >= 11 is 0. The van der Waals surface area contributed by atoms with Crippen LogP contribution in [0.25, 0.3) is 0 Å². The highest BCUT2D eigenvalue weighted by molar-refractivity contribution is 5.92. The van der Waals surface area contributed by atoms with Gasteiger partial charge < -0.3 is 14.8 Å². The summed E-state index contributed by atoms with van der Waals surface area (Å²) in [4.78, 5) is 4.61. The van der Waals surface area contributed by atoms with Gasteiger partial charge in [-0.2, -0.15) is 4.99 Å². The van der Waals surface area contributed by atoms with Gasteiger partial charge in [-0.15, -0.1) is 5.10 Å². The molecule has 1 aliphatic heterocycles. The van der Waals surface area contributed by atoms with Gasteiger partial charge in [0.2, 0.25) is 0 Å². The predicted molar refractivity (Wildman–Crippen MR) is 106 cm³/mol. The molecular weight excluding hydrogens is 356 g/mol. The molecule has 0 bridgehead atoms. The van der Waals surface area contributed by atoms with E-state index in [1.807, 2.05) is 69.3 Å². The Morgan fingerprint density at radius 1 is 1.07 bits per heavy atom. The van der Waals surface area contributed by atoms with Crippen molar-refractivity contribution < 1.29 is 9.47 Å². The lowest BCUT2D eigenvalue weighted by Crippen LogP contribution is -2.30. The van der Waals surface area contributed by atoms with E-state index in [4.69, 9.17) is 9.47 Å². The molecule has 0 radical (unpaired) electrons. The van der Waals surface area contributed by atoms with Crippen molar-refractivity contribution in [1.29, 1.82) is 0 Å². The SMILES string of the molecule is COc1ccc(NC2=Nc3ccccc3C(c3nnnn3C(C)(C)C)O2)cc1. The number of benzene rings is 2. The second-order valence-corrected chi connectivity index (χ2v) is 7.45. The van der Waals surface area contributed by atoms with Crippen LogP contribution in [0.2, 0.25) is 0 Å². The van der Waals surface area contributed by atoms with Gasteiger partial charge in [-0.25, -0.2) is 4.68 Å². The topological polar surface area (TPSA) is 86.5 Å². The minimum absolute atomic E-state index is 0.282. The zero-order chi connectivity index (χ0) is 19.7. The minimum atomic E-state index is -0.469. The Morgan fingerprint density at radius 3 is 2.54 bits per heavy atom. The number of hydrogen-bond donors (Lipinski definition) is 1. The number of methoxy groups -OCH3 is 1. The summed E-state index contributed by atoms with van der Waals surface area (Å²) < 4.78 is 13.2. The fourth-order valence-electron chi connectivity index (χ4n) is 3.00. The number of fused-ring (bicyclic) bond motifs is 1. The fraction of sp³-hybridized carbons (Fsp3) is 0.300. The maximum atomic E-state index is 6.20. The van der Waals surface area contributed by atoms with Gasteiger partial charge in [0.05, 0.1) is 18.3 Å². The van der Waals surface area contributed by atoms with E-state index in [0.29, 0.717) is 11.8 Å². The van der Waals surface area contributed by atoms with Crippen LogP contribution in [-0.4, -0.2) is 33.3 Å². The van der Waals surface area contributed by atoms with Crippen molar-refractivity contribution in [3.8, 4) is 5.75 Å². The van der Waals surface area contributed by atoms with Crippen molar-refractivity contribution in [2.45, 2.75) is 32.4 Å². The normalized spacial score (nSPS) is 16.0. The van der Waals surface area contributed by atoms with Crippen LogP contribution in [-0.2, 0) is 10.3 Å². The van der Waals surface area contributed by atoms with Crippen molar-refractivity contribution in [2.24, 2.45) is 4.99 Å². The summed E-state index contributed by atoms with van der Waals surface area (Å²) in [5, 5.41) is 15.5. The molecule has 0 fully saturated rings. The Bertz CT molecular complexity index is 1000. The van der Waals surface area contributed by atoms with Crippen LogP contribution in [0, 0.1) is 0 Å². The lowest BCUT2D eigenvalue weighted by molar-refractivity contribution is 0.196. The van der Waals surface area contributed by atoms with Crippen LogP contribution < -0.4 is 10.1 Å². The number of amidine groups is 1. The van der Waals surface area contributed by atoms with Crippen molar-refractivity contribution in [2.75, 3.05) is 12.4 Å². The summed E-state index contributed by atoms with van der Waals surface area (Å²) in [5.74, 6) is 1.41. The first kappa shape index (κ1) is 18.0. The van der Waals surface area contributed by atoms with Gasteiger partial charge in [0.25, 0.3) is 6.02 Å². The van der Waals surface area contributed by atoms with Crippen molar-refractivity contribution in [1.82, 2.24) is 20.2 Å². The third-order valence-corrected chi connectivity index (χ3v) is 4.38. The third-order valence-electron chi connectivity index (χ3n) is 4.38. The number of ether oxygens (including phenoxy) is 2. The zero-order valence-corrected chi connectivity index (χ0v) is 16.2. The molecule has 0 saturated carbocycles. The summed E-state index contributed by atoms with van der Waals surface area (Å²) in [6.07, 6.45) is -0.469. The summed E-state index contributed by atoms with van der Waals surface area (Å²) in [6.45, 7) is 6.14. The number of rotatable bonds is 3. The number of para-hydroxylation sites is 1. The Balaban J connectivity index is 1.70. The highest BCUT2D eigenvalue weighted by Crippen LogP contribution is 2.37. The van der Waals surface area contributed by atoms with Crippen LogP contribution >= 0.6 is 0 Å². The molecule has 0 aliphatic carbocycles. The van der Waals surface area contributed by atoms with Crippen LogP contribution in [0.4, 0.5) is 11.4 Å². The molecule has 3 aromatic rings. The Morgan fingerprint density at radius 2 is 1.82 bits per heavy atom. The van der Waals surface area contributed by atoms with Crippen molar-refractivity contribution in [3.05, 3.63) is 59.9 Å². The van der Waals surface area contributed by atoms with Gasteiger partial charge in [0.1, 0.15) is 5.75 Å². The first-order chi connectivity index (χ1) is 13.5. The molecule has 1 aromatic heterocycles. The molecule has 144 valence electrons. The largest absolute Gasteiger partial charge is 0.497 e. The number of aliphatic imine (C=N–C) groups is 1. The first-order valence-corrected chi connectivity index (χ1v) is 9.00. The molecular formula is C20H22N6O2. The molecule has 4 rings (SSSR count).